The molecular weight excluding hydrogens is 302 g/mol. The smallest absolute Gasteiger partial charge is 0.253 e. The normalized spacial score (nSPS) is 18.2. The monoisotopic (exact) mass is 323 g/mol. The van der Waals surface area contributed by atoms with Crippen molar-refractivity contribution in [2.24, 2.45) is 5.92 Å². The summed E-state index contributed by atoms with van der Waals surface area (Å²) >= 11 is 0. The maximum Gasteiger partial charge on any atom is 0.253 e. The summed E-state index contributed by atoms with van der Waals surface area (Å²) in [6, 6.07) is 7.72. The number of H-pyrrole nitrogens is 2. The van der Waals surface area contributed by atoms with Gasteiger partial charge in [-0.15, -0.1) is 0 Å². The lowest BCUT2D eigenvalue weighted by molar-refractivity contribution is 0.0673. The molecule has 0 saturated carbocycles. The van der Waals surface area contributed by atoms with Gasteiger partial charge in [0.15, 0.2) is 0 Å². The minimum Gasteiger partial charge on any atom is -0.342 e. The van der Waals surface area contributed by atoms with E-state index in [0.717, 1.165) is 60.5 Å². The Labute approximate surface area is 140 Å². The first-order chi connectivity index (χ1) is 11.7. The van der Waals surface area contributed by atoms with E-state index < -0.39 is 0 Å². The number of rotatable bonds is 3. The van der Waals surface area contributed by atoms with Gasteiger partial charge in [0.25, 0.3) is 5.91 Å². The molecular formula is C18H21N5O. The molecule has 0 unspecified atom stereocenters. The number of carbonyl (C=O) groups excluding carboxylic acids is 1. The molecule has 0 aliphatic carbocycles. The minimum atomic E-state index is 0.110. The largest absolute Gasteiger partial charge is 0.342 e. The van der Waals surface area contributed by atoms with Crippen molar-refractivity contribution in [2.75, 3.05) is 13.1 Å². The van der Waals surface area contributed by atoms with Crippen LogP contribution in [-0.2, 0) is 6.42 Å². The average Bonchev–Trinajstić information content (AvgIpc) is 3.22. The maximum absolute atomic E-state index is 12.9. The Morgan fingerprint density at radius 3 is 3.12 bits per heavy atom. The first-order valence-electron chi connectivity index (χ1n) is 8.43. The van der Waals surface area contributed by atoms with Gasteiger partial charge >= 0.3 is 0 Å². The lowest BCUT2D eigenvalue weighted by atomic mass is 9.93. The standard InChI is InChI=1S/C18H21N5O/c1-12-20-16-5-4-14(10-17(16)21-12)18(24)23-8-2-3-13(11-23)9-15-6-7-19-22-15/h4-7,10,13H,2-3,8-9,11H2,1H3,(H,19,22)(H,20,21)/t13-/m0/s1. The molecule has 1 atom stereocenters. The van der Waals surface area contributed by atoms with Gasteiger partial charge in [-0.25, -0.2) is 4.98 Å². The number of imidazole rings is 1. The zero-order valence-corrected chi connectivity index (χ0v) is 13.7. The van der Waals surface area contributed by atoms with Crippen molar-refractivity contribution in [1.29, 1.82) is 0 Å². The van der Waals surface area contributed by atoms with E-state index in [1.165, 1.54) is 0 Å². The molecule has 3 heterocycles. The molecule has 6 heteroatoms. The topological polar surface area (TPSA) is 77.7 Å². The summed E-state index contributed by atoms with van der Waals surface area (Å²) in [6.07, 6.45) is 4.93. The second kappa shape index (κ2) is 6.11. The van der Waals surface area contributed by atoms with Gasteiger partial charge in [0.2, 0.25) is 0 Å². The highest BCUT2D eigenvalue weighted by atomic mass is 16.2. The number of fused-ring (bicyclic) bond motifs is 1. The third kappa shape index (κ3) is 2.91. The molecule has 0 bridgehead atoms. The molecule has 1 amide bonds. The van der Waals surface area contributed by atoms with Gasteiger partial charge in [0, 0.05) is 30.5 Å². The molecule has 2 N–H and O–H groups in total. The Bertz CT molecular complexity index is 852. The Hall–Kier alpha value is -2.63. The van der Waals surface area contributed by atoms with Gasteiger partial charge in [0.05, 0.1) is 11.0 Å². The van der Waals surface area contributed by atoms with Gasteiger partial charge in [-0.2, -0.15) is 5.10 Å². The summed E-state index contributed by atoms with van der Waals surface area (Å²) in [5.41, 5.74) is 3.70. The second-order valence-electron chi connectivity index (χ2n) is 6.60. The van der Waals surface area contributed by atoms with E-state index in [1.807, 2.05) is 36.1 Å². The highest BCUT2D eigenvalue weighted by Crippen LogP contribution is 2.22. The number of aromatic nitrogens is 4. The first-order valence-corrected chi connectivity index (χ1v) is 8.43. The van der Waals surface area contributed by atoms with Crippen molar-refractivity contribution < 1.29 is 4.79 Å². The molecule has 0 radical (unpaired) electrons. The van der Waals surface area contributed by atoms with E-state index in [-0.39, 0.29) is 5.91 Å². The minimum absolute atomic E-state index is 0.110. The summed E-state index contributed by atoms with van der Waals surface area (Å²) in [5.74, 6) is 1.46. The number of nitrogens with zero attached hydrogens (tertiary/aromatic N) is 3. The Morgan fingerprint density at radius 1 is 1.38 bits per heavy atom. The fourth-order valence-electron chi connectivity index (χ4n) is 3.58. The van der Waals surface area contributed by atoms with Gasteiger partial charge < -0.3 is 9.88 Å². The van der Waals surface area contributed by atoms with Crippen LogP contribution in [0.1, 0.15) is 34.7 Å². The lowest BCUT2D eigenvalue weighted by Gasteiger charge is -2.32. The number of aromatic amines is 2. The molecule has 1 aromatic carbocycles. The number of carbonyl (C=O) groups is 1. The molecule has 1 saturated heterocycles. The van der Waals surface area contributed by atoms with Crippen LogP contribution in [0.4, 0.5) is 0 Å². The quantitative estimate of drug-likeness (QED) is 0.778. The van der Waals surface area contributed by atoms with Crippen molar-refractivity contribution in [3.8, 4) is 0 Å². The second-order valence-corrected chi connectivity index (χ2v) is 6.60. The third-order valence-corrected chi connectivity index (χ3v) is 4.72. The summed E-state index contributed by atoms with van der Waals surface area (Å²) < 4.78 is 0. The van der Waals surface area contributed by atoms with Crippen molar-refractivity contribution in [3.63, 3.8) is 0 Å². The van der Waals surface area contributed by atoms with Gasteiger partial charge in [-0.05, 0) is 56.4 Å². The fourth-order valence-corrected chi connectivity index (χ4v) is 3.58. The lowest BCUT2D eigenvalue weighted by Crippen LogP contribution is -2.40. The van der Waals surface area contributed by atoms with Crippen LogP contribution in [0.15, 0.2) is 30.5 Å². The number of hydrogen-bond donors (Lipinski definition) is 2. The van der Waals surface area contributed by atoms with Crippen LogP contribution in [0.2, 0.25) is 0 Å². The van der Waals surface area contributed by atoms with Crippen LogP contribution < -0.4 is 0 Å². The zero-order chi connectivity index (χ0) is 16.5. The van der Waals surface area contributed by atoms with Gasteiger partial charge in [-0.3, -0.25) is 9.89 Å². The number of benzene rings is 1. The van der Waals surface area contributed by atoms with Crippen molar-refractivity contribution in [1.82, 2.24) is 25.1 Å². The predicted molar refractivity (Wildman–Crippen MR) is 91.7 cm³/mol. The zero-order valence-electron chi connectivity index (χ0n) is 13.7. The molecule has 24 heavy (non-hydrogen) atoms. The number of likely N-dealkylation sites (tertiary alicyclic amines) is 1. The summed E-state index contributed by atoms with van der Waals surface area (Å²) in [6.45, 7) is 3.56. The number of amides is 1. The molecule has 1 aliphatic heterocycles. The maximum atomic E-state index is 12.9. The van der Waals surface area contributed by atoms with E-state index >= 15 is 0 Å². The van der Waals surface area contributed by atoms with Crippen LogP contribution >= 0.6 is 0 Å². The van der Waals surface area contributed by atoms with Crippen LogP contribution in [0.25, 0.3) is 11.0 Å². The van der Waals surface area contributed by atoms with E-state index in [2.05, 4.69) is 20.2 Å². The molecule has 0 spiro atoms. The van der Waals surface area contributed by atoms with E-state index in [4.69, 9.17) is 0 Å². The average molecular weight is 323 g/mol. The van der Waals surface area contributed by atoms with E-state index in [9.17, 15) is 4.79 Å². The van der Waals surface area contributed by atoms with Gasteiger partial charge in [0.1, 0.15) is 5.82 Å². The Kier molecular flexibility index (Phi) is 3.80. The van der Waals surface area contributed by atoms with Gasteiger partial charge in [-0.1, -0.05) is 0 Å². The third-order valence-electron chi connectivity index (χ3n) is 4.72. The molecule has 3 aromatic rings. The highest BCUT2D eigenvalue weighted by molar-refractivity contribution is 5.97. The predicted octanol–water partition coefficient (Wildman–Crippen LogP) is 2.69. The molecule has 2 aromatic heterocycles. The number of aryl methyl sites for hydroxylation is 1. The SMILES string of the molecule is Cc1nc2ccc(C(=O)N3CCC[C@@H](Cc4ccn[nH]4)C3)cc2[nH]1. The Balaban J connectivity index is 1.49. The van der Waals surface area contributed by atoms with Crippen LogP contribution in [0.3, 0.4) is 0 Å². The molecule has 124 valence electrons. The van der Waals surface area contributed by atoms with Crippen LogP contribution in [0.5, 0.6) is 0 Å². The number of nitrogens with one attached hydrogen (secondary N) is 2. The van der Waals surface area contributed by atoms with Crippen molar-refractivity contribution >= 4 is 16.9 Å². The fraction of sp³-hybridized carbons (Fsp3) is 0.389. The molecule has 1 aliphatic rings. The number of hydrogen-bond acceptors (Lipinski definition) is 3. The van der Waals surface area contributed by atoms with Crippen molar-refractivity contribution in [3.05, 3.63) is 47.5 Å². The summed E-state index contributed by atoms with van der Waals surface area (Å²) in [4.78, 5) is 22.4. The molecule has 4 rings (SSSR count). The van der Waals surface area contributed by atoms with E-state index in [1.54, 1.807) is 6.20 Å². The van der Waals surface area contributed by atoms with Crippen LogP contribution in [0, 0.1) is 12.8 Å². The Morgan fingerprint density at radius 2 is 2.29 bits per heavy atom. The van der Waals surface area contributed by atoms with Crippen LogP contribution in [-0.4, -0.2) is 44.1 Å². The molecule has 6 nitrogen and oxygen atoms in total. The summed E-state index contributed by atoms with van der Waals surface area (Å²) in [7, 11) is 0. The summed E-state index contributed by atoms with van der Waals surface area (Å²) in [5, 5.41) is 7.02. The van der Waals surface area contributed by atoms with E-state index in [0.29, 0.717) is 5.92 Å². The number of piperidine rings is 1. The highest BCUT2D eigenvalue weighted by Gasteiger charge is 2.25. The first kappa shape index (κ1) is 14.9. The molecule has 1 fully saturated rings. The van der Waals surface area contributed by atoms with Crippen molar-refractivity contribution in [2.45, 2.75) is 26.2 Å².